The van der Waals surface area contributed by atoms with Gasteiger partial charge in [-0.25, -0.2) is 0 Å². The van der Waals surface area contributed by atoms with Gasteiger partial charge in [-0.3, -0.25) is 0 Å². The lowest BCUT2D eigenvalue weighted by molar-refractivity contribution is 0.617. The van der Waals surface area contributed by atoms with Crippen molar-refractivity contribution >= 4 is 33.0 Å². The van der Waals surface area contributed by atoms with E-state index in [0.717, 1.165) is 21.1 Å². The van der Waals surface area contributed by atoms with Gasteiger partial charge < -0.3 is 10.2 Å². The Hall–Kier alpha value is -1.03. The molecule has 0 radical (unpaired) electrons. The summed E-state index contributed by atoms with van der Waals surface area (Å²) in [7, 11) is 0. The van der Waals surface area contributed by atoms with E-state index in [2.05, 4.69) is 34.8 Å². The van der Waals surface area contributed by atoms with Crippen LogP contribution in [0.25, 0.3) is 11.1 Å². The van der Waals surface area contributed by atoms with Crippen molar-refractivity contribution < 1.29 is 4.42 Å². The van der Waals surface area contributed by atoms with E-state index in [9.17, 15) is 0 Å². The number of halogens is 1. The molecule has 0 aliphatic rings. The lowest BCUT2D eigenvalue weighted by Gasteiger charge is -2.05. The van der Waals surface area contributed by atoms with Gasteiger partial charge in [0.15, 0.2) is 5.58 Å². The quantitative estimate of drug-likeness (QED) is 0.850. The first-order valence-corrected chi connectivity index (χ1v) is 5.22. The van der Waals surface area contributed by atoms with Gasteiger partial charge >= 0.3 is 0 Å². The van der Waals surface area contributed by atoms with Gasteiger partial charge in [0.1, 0.15) is 5.52 Å². The number of benzene rings is 1. The molecule has 0 atom stereocenters. The van der Waals surface area contributed by atoms with Crippen molar-refractivity contribution in [3.63, 3.8) is 0 Å². The Balaban J connectivity index is 2.79. The zero-order valence-electron chi connectivity index (χ0n) is 8.04. The second-order valence-electron chi connectivity index (χ2n) is 3.55. The Morgan fingerprint density at radius 3 is 2.79 bits per heavy atom. The predicted molar refractivity (Wildman–Crippen MR) is 60.2 cm³/mol. The van der Waals surface area contributed by atoms with E-state index >= 15 is 0 Å². The van der Waals surface area contributed by atoms with Crippen LogP contribution in [0.5, 0.6) is 0 Å². The number of nitrogen functional groups attached to an aromatic ring is 1. The monoisotopic (exact) mass is 254 g/mol. The Morgan fingerprint density at radius 2 is 2.14 bits per heavy atom. The maximum absolute atomic E-state index is 5.52. The Bertz CT molecular complexity index is 476. The van der Waals surface area contributed by atoms with Crippen molar-refractivity contribution in [2.24, 2.45) is 0 Å². The minimum Gasteiger partial charge on any atom is -0.423 e. The number of hydrogen-bond donors (Lipinski definition) is 1. The average Bonchev–Trinajstić information content (AvgIpc) is 2.42. The molecule has 14 heavy (non-hydrogen) atoms. The summed E-state index contributed by atoms with van der Waals surface area (Å²) >= 11 is 3.44. The number of anilines is 1. The minimum absolute atomic E-state index is 0.222. The van der Waals surface area contributed by atoms with Gasteiger partial charge in [-0.15, -0.1) is 0 Å². The SMILES string of the molecule is CC(C)c1cc(Br)cc2nc(N)oc12. The molecule has 0 aliphatic heterocycles. The maximum Gasteiger partial charge on any atom is 0.292 e. The fourth-order valence-corrected chi connectivity index (χ4v) is 1.93. The highest BCUT2D eigenvalue weighted by molar-refractivity contribution is 9.10. The largest absolute Gasteiger partial charge is 0.423 e. The van der Waals surface area contributed by atoms with Crippen molar-refractivity contribution in [3.8, 4) is 0 Å². The van der Waals surface area contributed by atoms with Crippen LogP contribution in [0.1, 0.15) is 25.3 Å². The molecular weight excluding hydrogens is 244 g/mol. The first-order valence-electron chi connectivity index (χ1n) is 4.43. The summed E-state index contributed by atoms with van der Waals surface area (Å²) in [4.78, 5) is 4.10. The van der Waals surface area contributed by atoms with Crippen LogP contribution in [0.2, 0.25) is 0 Å². The number of fused-ring (bicyclic) bond motifs is 1. The summed E-state index contributed by atoms with van der Waals surface area (Å²) in [5.74, 6) is 0.391. The summed E-state index contributed by atoms with van der Waals surface area (Å²) in [6, 6.07) is 4.17. The van der Waals surface area contributed by atoms with E-state index in [0.29, 0.717) is 5.92 Å². The average molecular weight is 255 g/mol. The third-order valence-electron chi connectivity index (χ3n) is 2.12. The lowest BCUT2D eigenvalue weighted by Crippen LogP contribution is -1.87. The van der Waals surface area contributed by atoms with Crippen LogP contribution in [-0.2, 0) is 0 Å². The van der Waals surface area contributed by atoms with Gasteiger partial charge in [0, 0.05) is 10.0 Å². The molecule has 2 N–H and O–H groups in total. The molecule has 0 unspecified atom stereocenters. The molecule has 2 rings (SSSR count). The summed E-state index contributed by atoms with van der Waals surface area (Å²) in [6.45, 7) is 4.22. The third kappa shape index (κ3) is 1.50. The van der Waals surface area contributed by atoms with E-state index in [-0.39, 0.29) is 6.01 Å². The van der Waals surface area contributed by atoms with Crippen LogP contribution in [-0.4, -0.2) is 4.98 Å². The van der Waals surface area contributed by atoms with E-state index in [1.807, 2.05) is 12.1 Å². The summed E-state index contributed by atoms with van der Waals surface area (Å²) < 4.78 is 6.36. The minimum atomic E-state index is 0.222. The number of rotatable bonds is 1. The van der Waals surface area contributed by atoms with Crippen molar-refractivity contribution in [2.45, 2.75) is 19.8 Å². The highest BCUT2D eigenvalue weighted by Crippen LogP contribution is 2.30. The Labute approximate surface area is 90.4 Å². The number of nitrogens with zero attached hydrogens (tertiary/aromatic N) is 1. The van der Waals surface area contributed by atoms with Gasteiger partial charge in [-0.05, 0) is 18.1 Å². The zero-order valence-corrected chi connectivity index (χ0v) is 9.63. The third-order valence-corrected chi connectivity index (χ3v) is 2.58. The van der Waals surface area contributed by atoms with Crippen LogP contribution in [0, 0.1) is 0 Å². The molecule has 0 bridgehead atoms. The van der Waals surface area contributed by atoms with Crippen molar-refractivity contribution in [2.75, 3.05) is 5.73 Å². The van der Waals surface area contributed by atoms with E-state index in [4.69, 9.17) is 10.2 Å². The molecule has 1 heterocycles. The molecule has 1 aromatic carbocycles. The highest BCUT2D eigenvalue weighted by atomic mass is 79.9. The maximum atomic E-state index is 5.52. The normalized spacial score (nSPS) is 11.4. The molecule has 3 nitrogen and oxygen atoms in total. The van der Waals surface area contributed by atoms with Crippen LogP contribution < -0.4 is 5.73 Å². The standard InChI is InChI=1S/C10H11BrN2O/c1-5(2)7-3-6(11)4-8-9(7)14-10(12)13-8/h3-5H,1-2H3,(H2,12,13). The topological polar surface area (TPSA) is 52.0 Å². The zero-order chi connectivity index (χ0) is 10.3. The molecule has 2 aromatic rings. The molecule has 74 valence electrons. The fraction of sp³-hybridized carbons (Fsp3) is 0.300. The number of oxazole rings is 1. The summed E-state index contributed by atoms with van der Waals surface area (Å²) in [6.07, 6.45) is 0. The van der Waals surface area contributed by atoms with Crippen molar-refractivity contribution in [3.05, 3.63) is 22.2 Å². The second kappa shape index (κ2) is 3.28. The van der Waals surface area contributed by atoms with Crippen LogP contribution >= 0.6 is 15.9 Å². The van der Waals surface area contributed by atoms with Crippen LogP contribution in [0.15, 0.2) is 21.0 Å². The molecule has 1 aromatic heterocycles. The van der Waals surface area contributed by atoms with Gasteiger partial charge in [0.2, 0.25) is 0 Å². The molecule has 0 spiro atoms. The van der Waals surface area contributed by atoms with E-state index in [1.165, 1.54) is 0 Å². The Morgan fingerprint density at radius 1 is 1.43 bits per heavy atom. The molecule has 0 aliphatic carbocycles. The molecule has 0 amide bonds. The van der Waals surface area contributed by atoms with Crippen molar-refractivity contribution in [1.82, 2.24) is 4.98 Å². The fourth-order valence-electron chi connectivity index (χ4n) is 1.47. The first-order chi connectivity index (χ1) is 6.58. The molecule has 0 saturated heterocycles. The predicted octanol–water partition coefficient (Wildman–Crippen LogP) is 3.30. The second-order valence-corrected chi connectivity index (χ2v) is 4.47. The molecule has 0 saturated carbocycles. The smallest absolute Gasteiger partial charge is 0.292 e. The first kappa shape index (κ1) is 9.52. The molecular formula is C10H11BrN2O. The summed E-state index contributed by atoms with van der Waals surface area (Å²) in [5.41, 5.74) is 8.24. The van der Waals surface area contributed by atoms with Crippen LogP contribution in [0.4, 0.5) is 6.01 Å². The van der Waals surface area contributed by atoms with E-state index in [1.54, 1.807) is 0 Å². The van der Waals surface area contributed by atoms with E-state index < -0.39 is 0 Å². The highest BCUT2D eigenvalue weighted by Gasteiger charge is 2.12. The lowest BCUT2D eigenvalue weighted by atomic mass is 10.0. The van der Waals surface area contributed by atoms with Gasteiger partial charge in [0.05, 0.1) is 0 Å². The summed E-state index contributed by atoms with van der Waals surface area (Å²) in [5, 5.41) is 0. The number of nitrogens with two attached hydrogens (primary N) is 1. The number of hydrogen-bond acceptors (Lipinski definition) is 3. The van der Waals surface area contributed by atoms with Gasteiger partial charge in [-0.1, -0.05) is 29.8 Å². The van der Waals surface area contributed by atoms with Gasteiger partial charge in [-0.2, -0.15) is 4.98 Å². The molecule has 4 heteroatoms. The number of aromatic nitrogens is 1. The molecule has 0 fully saturated rings. The van der Waals surface area contributed by atoms with Gasteiger partial charge in [0.25, 0.3) is 6.01 Å². The van der Waals surface area contributed by atoms with Crippen LogP contribution in [0.3, 0.4) is 0 Å². The van der Waals surface area contributed by atoms with Crippen molar-refractivity contribution in [1.29, 1.82) is 0 Å². The Kier molecular flexibility index (Phi) is 2.23.